The molecule has 1 atom stereocenters. The summed E-state index contributed by atoms with van der Waals surface area (Å²) >= 11 is 0. The Hall–Kier alpha value is -1.66. The first-order chi connectivity index (χ1) is 8.74. The summed E-state index contributed by atoms with van der Waals surface area (Å²) in [5.74, 6) is 6.23. The molecule has 98 valence electrons. The maximum atomic E-state index is 12.3. The number of methoxy groups -OCH3 is 1. The minimum absolute atomic E-state index is 0.0208. The van der Waals surface area contributed by atoms with Crippen LogP contribution in [0.4, 0.5) is 5.82 Å². The van der Waals surface area contributed by atoms with E-state index in [1.807, 2.05) is 4.90 Å². The summed E-state index contributed by atoms with van der Waals surface area (Å²) in [5.41, 5.74) is 3.05. The fraction of sp³-hybridized carbons (Fsp3) is 0.500. The number of ether oxygens (including phenoxy) is 1. The van der Waals surface area contributed by atoms with Crippen molar-refractivity contribution in [3.63, 3.8) is 0 Å². The Morgan fingerprint density at radius 2 is 2.56 bits per heavy atom. The van der Waals surface area contributed by atoms with Gasteiger partial charge in [0.25, 0.3) is 5.91 Å². The molecule has 0 radical (unpaired) electrons. The van der Waals surface area contributed by atoms with Crippen LogP contribution in [0.15, 0.2) is 18.3 Å². The number of hydrogen-bond donors (Lipinski definition) is 2. The number of rotatable bonds is 4. The van der Waals surface area contributed by atoms with Crippen molar-refractivity contribution in [2.24, 2.45) is 11.8 Å². The van der Waals surface area contributed by atoms with E-state index in [0.29, 0.717) is 23.9 Å². The van der Waals surface area contributed by atoms with Gasteiger partial charge >= 0.3 is 0 Å². The van der Waals surface area contributed by atoms with Gasteiger partial charge in [0, 0.05) is 37.9 Å². The van der Waals surface area contributed by atoms with Crippen molar-refractivity contribution in [1.82, 2.24) is 9.88 Å². The second-order valence-electron chi connectivity index (χ2n) is 4.44. The average Bonchev–Trinajstić information content (AvgIpc) is 2.87. The summed E-state index contributed by atoms with van der Waals surface area (Å²) in [7, 11) is 1.69. The molecule has 1 aromatic rings. The third-order valence-corrected chi connectivity index (χ3v) is 3.13. The Balaban J connectivity index is 2.03. The van der Waals surface area contributed by atoms with Crippen molar-refractivity contribution in [3.05, 3.63) is 23.9 Å². The van der Waals surface area contributed by atoms with Gasteiger partial charge in [-0.1, -0.05) is 0 Å². The largest absolute Gasteiger partial charge is 0.384 e. The van der Waals surface area contributed by atoms with Crippen molar-refractivity contribution >= 4 is 11.7 Å². The highest BCUT2D eigenvalue weighted by Crippen LogP contribution is 2.19. The Labute approximate surface area is 106 Å². The number of likely N-dealkylation sites (tertiary alicyclic amines) is 1. The van der Waals surface area contributed by atoms with Gasteiger partial charge in [-0.05, 0) is 18.6 Å². The predicted octanol–water partition coefficient (Wildman–Crippen LogP) is 0.476. The molecule has 1 aromatic heterocycles. The molecule has 0 aromatic carbocycles. The number of aromatic nitrogens is 1. The van der Waals surface area contributed by atoms with Crippen molar-refractivity contribution in [1.29, 1.82) is 0 Å². The van der Waals surface area contributed by atoms with E-state index in [1.54, 1.807) is 25.4 Å². The van der Waals surface area contributed by atoms with E-state index >= 15 is 0 Å². The van der Waals surface area contributed by atoms with Crippen LogP contribution < -0.4 is 11.3 Å². The van der Waals surface area contributed by atoms with E-state index in [1.165, 1.54) is 0 Å². The lowest BCUT2D eigenvalue weighted by molar-refractivity contribution is 0.0775. The zero-order chi connectivity index (χ0) is 13.0. The number of nitrogen functional groups attached to an aromatic ring is 1. The third-order valence-electron chi connectivity index (χ3n) is 3.13. The highest BCUT2D eigenvalue weighted by molar-refractivity contribution is 5.95. The molecule has 2 rings (SSSR count). The van der Waals surface area contributed by atoms with E-state index in [2.05, 4.69) is 10.4 Å². The lowest BCUT2D eigenvalue weighted by atomic mass is 10.1. The minimum Gasteiger partial charge on any atom is -0.384 e. The summed E-state index contributed by atoms with van der Waals surface area (Å²) < 4.78 is 5.12. The fourth-order valence-corrected chi connectivity index (χ4v) is 2.21. The van der Waals surface area contributed by atoms with Gasteiger partial charge in [0.15, 0.2) is 0 Å². The van der Waals surface area contributed by atoms with Crippen molar-refractivity contribution < 1.29 is 9.53 Å². The lowest BCUT2D eigenvalue weighted by Crippen LogP contribution is -2.29. The third kappa shape index (κ3) is 2.77. The predicted molar refractivity (Wildman–Crippen MR) is 67.9 cm³/mol. The Morgan fingerprint density at radius 1 is 1.72 bits per heavy atom. The molecule has 6 heteroatoms. The molecule has 0 spiro atoms. The molecule has 0 saturated carbocycles. The number of nitrogens with one attached hydrogen (secondary N) is 1. The zero-order valence-electron chi connectivity index (χ0n) is 10.4. The highest BCUT2D eigenvalue weighted by atomic mass is 16.5. The minimum atomic E-state index is 0.0208. The number of amides is 1. The van der Waals surface area contributed by atoms with Crippen molar-refractivity contribution in [3.8, 4) is 0 Å². The van der Waals surface area contributed by atoms with E-state index in [9.17, 15) is 4.79 Å². The topological polar surface area (TPSA) is 80.5 Å². The van der Waals surface area contributed by atoms with Crippen molar-refractivity contribution in [2.45, 2.75) is 6.42 Å². The molecule has 1 unspecified atom stereocenters. The maximum absolute atomic E-state index is 12.3. The molecular weight excluding hydrogens is 232 g/mol. The van der Waals surface area contributed by atoms with Gasteiger partial charge in [-0.3, -0.25) is 4.79 Å². The highest BCUT2D eigenvalue weighted by Gasteiger charge is 2.26. The van der Waals surface area contributed by atoms with Crippen LogP contribution in [0.25, 0.3) is 0 Å². The molecule has 0 aliphatic carbocycles. The molecule has 2 heterocycles. The van der Waals surface area contributed by atoms with Gasteiger partial charge in [0.2, 0.25) is 0 Å². The average molecular weight is 250 g/mol. The number of carbonyl (C=O) groups is 1. The summed E-state index contributed by atoms with van der Waals surface area (Å²) in [4.78, 5) is 18.1. The van der Waals surface area contributed by atoms with Crippen LogP contribution >= 0.6 is 0 Å². The van der Waals surface area contributed by atoms with Crippen LogP contribution in [0.3, 0.4) is 0 Å². The van der Waals surface area contributed by atoms with Gasteiger partial charge in [0.1, 0.15) is 5.82 Å². The van der Waals surface area contributed by atoms with Crippen LogP contribution in [0.1, 0.15) is 16.8 Å². The van der Waals surface area contributed by atoms with Gasteiger partial charge < -0.3 is 15.1 Å². The summed E-state index contributed by atoms with van der Waals surface area (Å²) in [6.07, 6.45) is 2.57. The Kier molecular flexibility index (Phi) is 4.11. The Morgan fingerprint density at radius 3 is 3.28 bits per heavy atom. The van der Waals surface area contributed by atoms with E-state index in [4.69, 9.17) is 10.6 Å². The molecule has 1 aliphatic heterocycles. The second-order valence-corrected chi connectivity index (χ2v) is 4.44. The number of anilines is 1. The number of nitrogens with zero attached hydrogens (tertiary/aromatic N) is 2. The molecule has 3 N–H and O–H groups in total. The molecule has 1 saturated heterocycles. The summed E-state index contributed by atoms with van der Waals surface area (Å²) in [6.45, 7) is 2.23. The Bertz CT molecular complexity index is 424. The van der Waals surface area contributed by atoms with E-state index in [0.717, 1.165) is 19.5 Å². The molecule has 18 heavy (non-hydrogen) atoms. The summed E-state index contributed by atoms with van der Waals surface area (Å²) in [5, 5.41) is 0. The SMILES string of the molecule is COCC1CCN(C(=O)c2ccnc(NN)c2)C1. The fourth-order valence-electron chi connectivity index (χ4n) is 2.21. The molecule has 1 fully saturated rings. The maximum Gasteiger partial charge on any atom is 0.254 e. The molecule has 1 amide bonds. The van der Waals surface area contributed by atoms with Crippen molar-refractivity contribution in [2.75, 3.05) is 32.2 Å². The first kappa shape index (κ1) is 12.8. The summed E-state index contributed by atoms with van der Waals surface area (Å²) in [6, 6.07) is 3.36. The monoisotopic (exact) mass is 250 g/mol. The lowest BCUT2D eigenvalue weighted by Gasteiger charge is -2.16. The zero-order valence-corrected chi connectivity index (χ0v) is 10.4. The number of hydrogen-bond acceptors (Lipinski definition) is 5. The number of pyridine rings is 1. The number of hydrazine groups is 1. The van der Waals surface area contributed by atoms with Gasteiger partial charge in [-0.25, -0.2) is 10.8 Å². The molecule has 1 aliphatic rings. The van der Waals surface area contributed by atoms with Crippen LogP contribution in [0, 0.1) is 5.92 Å². The number of nitrogens with two attached hydrogens (primary N) is 1. The van der Waals surface area contributed by atoms with Crippen LogP contribution in [-0.4, -0.2) is 42.6 Å². The van der Waals surface area contributed by atoms with Gasteiger partial charge in [0.05, 0.1) is 6.61 Å². The molecule has 6 nitrogen and oxygen atoms in total. The van der Waals surface area contributed by atoms with E-state index in [-0.39, 0.29) is 5.91 Å². The number of carbonyl (C=O) groups excluding carboxylic acids is 1. The molecular formula is C12H18N4O2. The van der Waals surface area contributed by atoms with Gasteiger partial charge in [-0.15, -0.1) is 0 Å². The van der Waals surface area contributed by atoms with Crippen LogP contribution in [0.5, 0.6) is 0 Å². The van der Waals surface area contributed by atoms with Crippen LogP contribution in [0.2, 0.25) is 0 Å². The molecule has 0 bridgehead atoms. The van der Waals surface area contributed by atoms with E-state index < -0.39 is 0 Å². The quantitative estimate of drug-likeness (QED) is 0.600. The normalized spacial score (nSPS) is 19.0. The first-order valence-corrected chi connectivity index (χ1v) is 5.95. The van der Waals surface area contributed by atoms with Gasteiger partial charge in [-0.2, -0.15) is 0 Å². The first-order valence-electron chi connectivity index (χ1n) is 5.95. The van der Waals surface area contributed by atoms with Crippen LogP contribution in [-0.2, 0) is 4.74 Å². The smallest absolute Gasteiger partial charge is 0.254 e. The second kappa shape index (κ2) is 5.79. The standard InChI is InChI=1S/C12H18N4O2/c1-18-8-9-3-5-16(7-9)12(17)10-2-4-14-11(6-10)15-13/h2,4,6,9H,3,5,7-8,13H2,1H3,(H,14,15).